The maximum atomic E-state index is 12.4. The van der Waals surface area contributed by atoms with Crippen molar-refractivity contribution in [1.29, 1.82) is 0 Å². The first kappa shape index (κ1) is 22.3. The number of rotatable bonds is 8. The second-order valence-electron chi connectivity index (χ2n) is 6.92. The molecule has 0 saturated carbocycles. The van der Waals surface area contributed by atoms with Crippen molar-refractivity contribution >= 4 is 40.4 Å². The Morgan fingerprint density at radius 3 is 2.78 bits per heavy atom. The Bertz CT molecular complexity index is 1210. The van der Waals surface area contributed by atoms with E-state index >= 15 is 0 Å². The Kier molecular flexibility index (Phi) is 7.37. The molecular weight excluding hydrogens is 465 g/mol. The van der Waals surface area contributed by atoms with Gasteiger partial charge in [0.15, 0.2) is 0 Å². The van der Waals surface area contributed by atoms with Gasteiger partial charge < -0.3 is 10.1 Å². The van der Waals surface area contributed by atoms with Gasteiger partial charge in [-0.1, -0.05) is 47.5 Å². The van der Waals surface area contributed by atoms with Crippen LogP contribution < -0.4 is 10.1 Å². The number of nitrogens with zero attached hydrogens (tertiary/aromatic N) is 2. The fourth-order valence-corrected chi connectivity index (χ4v) is 4.23. The number of hydrogen-bond acceptors (Lipinski definition) is 5. The van der Waals surface area contributed by atoms with Crippen LogP contribution in [0.4, 0.5) is 0 Å². The van der Waals surface area contributed by atoms with Gasteiger partial charge in [0.25, 0.3) is 5.91 Å². The molecule has 1 amide bonds. The zero-order valence-electron chi connectivity index (χ0n) is 16.9. The predicted molar refractivity (Wildman–Crippen MR) is 129 cm³/mol. The first-order chi connectivity index (χ1) is 15.6. The third kappa shape index (κ3) is 5.85. The molecule has 32 heavy (non-hydrogen) atoms. The number of carbonyl (C=O) groups excluding carboxylic acids is 1. The van der Waals surface area contributed by atoms with E-state index in [4.69, 9.17) is 27.9 Å². The number of hydrogen-bond donors (Lipinski definition) is 1. The Morgan fingerprint density at radius 1 is 1.06 bits per heavy atom. The summed E-state index contributed by atoms with van der Waals surface area (Å²) in [5, 5.41) is 6.54. The van der Waals surface area contributed by atoms with Crippen molar-refractivity contribution in [2.24, 2.45) is 0 Å². The molecule has 2 heterocycles. The predicted octanol–water partition coefficient (Wildman–Crippen LogP) is 6.06. The van der Waals surface area contributed by atoms with Gasteiger partial charge in [-0.2, -0.15) is 0 Å². The number of amides is 1. The average molecular weight is 484 g/mol. The van der Waals surface area contributed by atoms with Crippen LogP contribution >= 0.6 is 34.5 Å². The Balaban J connectivity index is 1.36. The van der Waals surface area contributed by atoms with E-state index in [0.717, 1.165) is 21.8 Å². The van der Waals surface area contributed by atoms with Gasteiger partial charge in [0.1, 0.15) is 23.1 Å². The molecule has 5 nitrogen and oxygen atoms in total. The van der Waals surface area contributed by atoms with E-state index in [1.54, 1.807) is 23.7 Å². The molecule has 0 unspecified atom stereocenters. The topological polar surface area (TPSA) is 64.1 Å². The number of aromatic nitrogens is 2. The zero-order valence-corrected chi connectivity index (χ0v) is 19.3. The number of ether oxygens (including phenoxy) is 1. The summed E-state index contributed by atoms with van der Waals surface area (Å²) in [6.07, 6.45) is 2.41. The van der Waals surface area contributed by atoms with Crippen molar-refractivity contribution in [3.63, 3.8) is 0 Å². The highest BCUT2D eigenvalue weighted by atomic mass is 35.5. The number of halogens is 2. The van der Waals surface area contributed by atoms with Gasteiger partial charge >= 0.3 is 0 Å². The number of carbonyl (C=O) groups is 1. The van der Waals surface area contributed by atoms with E-state index in [2.05, 4.69) is 15.3 Å². The number of thiazole rings is 1. The van der Waals surface area contributed by atoms with E-state index in [-0.39, 0.29) is 5.91 Å². The van der Waals surface area contributed by atoms with E-state index in [9.17, 15) is 4.79 Å². The third-order valence-electron chi connectivity index (χ3n) is 4.62. The molecule has 0 saturated heterocycles. The summed E-state index contributed by atoms with van der Waals surface area (Å²) < 4.78 is 5.89. The molecule has 0 aliphatic heterocycles. The Morgan fingerprint density at radius 2 is 1.97 bits per heavy atom. The molecule has 0 atom stereocenters. The van der Waals surface area contributed by atoms with Crippen LogP contribution in [0.25, 0.3) is 10.6 Å². The summed E-state index contributed by atoms with van der Waals surface area (Å²) in [6, 6.07) is 18.6. The maximum absolute atomic E-state index is 12.4. The van der Waals surface area contributed by atoms with Gasteiger partial charge in [-0.15, -0.1) is 11.3 Å². The molecule has 2 aromatic carbocycles. The van der Waals surface area contributed by atoms with Crippen LogP contribution in [-0.2, 0) is 13.0 Å². The van der Waals surface area contributed by atoms with Crippen molar-refractivity contribution in [1.82, 2.24) is 15.3 Å². The summed E-state index contributed by atoms with van der Waals surface area (Å²) in [7, 11) is 0. The minimum Gasteiger partial charge on any atom is -0.489 e. The molecule has 0 aliphatic rings. The molecule has 0 spiro atoms. The zero-order chi connectivity index (χ0) is 22.3. The summed E-state index contributed by atoms with van der Waals surface area (Å²) in [4.78, 5) is 21.2. The highest BCUT2D eigenvalue weighted by Crippen LogP contribution is 2.28. The largest absolute Gasteiger partial charge is 0.489 e. The van der Waals surface area contributed by atoms with E-state index < -0.39 is 0 Å². The van der Waals surface area contributed by atoms with Crippen LogP contribution in [0, 0.1) is 0 Å². The van der Waals surface area contributed by atoms with E-state index in [0.29, 0.717) is 41.1 Å². The van der Waals surface area contributed by atoms with Gasteiger partial charge in [0, 0.05) is 51.4 Å². The molecule has 4 aromatic rings. The van der Waals surface area contributed by atoms with Crippen LogP contribution in [0.3, 0.4) is 0 Å². The van der Waals surface area contributed by atoms with Crippen molar-refractivity contribution in [2.45, 2.75) is 13.0 Å². The molecule has 2 aromatic heterocycles. The first-order valence-corrected chi connectivity index (χ1v) is 11.5. The van der Waals surface area contributed by atoms with Gasteiger partial charge in [-0.05, 0) is 36.4 Å². The molecule has 0 bridgehead atoms. The smallest absolute Gasteiger partial charge is 0.270 e. The molecule has 162 valence electrons. The number of benzene rings is 2. The second kappa shape index (κ2) is 10.6. The van der Waals surface area contributed by atoms with Crippen LogP contribution in [0.1, 0.15) is 21.7 Å². The summed E-state index contributed by atoms with van der Waals surface area (Å²) in [6.45, 7) is 0.820. The molecule has 1 N–H and O–H groups in total. The highest BCUT2D eigenvalue weighted by Gasteiger charge is 2.12. The first-order valence-electron chi connectivity index (χ1n) is 9.89. The van der Waals surface area contributed by atoms with Gasteiger partial charge in [-0.25, -0.2) is 4.98 Å². The van der Waals surface area contributed by atoms with Crippen LogP contribution in [-0.4, -0.2) is 22.4 Å². The Hall–Kier alpha value is -2.93. The maximum Gasteiger partial charge on any atom is 0.270 e. The highest BCUT2D eigenvalue weighted by molar-refractivity contribution is 7.13. The Labute approximate surface area is 200 Å². The number of pyridine rings is 1. The molecule has 0 fully saturated rings. The van der Waals surface area contributed by atoms with Gasteiger partial charge in [-0.3, -0.25) is 9.78 Å². The third-order valence-corrected chi connectivity index (χ3v) is 6.10. The molecule has 8 heteroatoms. The van der Waals surface area contributed by atoms with Crippen molar-refractivity contribution in [3.8, 4) is 16.3 Å². The van der Waals surface area contributed by atoms with Crippen molar-refractivity contribution in [3.05, 3.63) is 99.2 Å². The molecular formula is C24H19Cl2N3O2S. The monoisotopic (exact) mass is 483 g/mol. The lowest BCUT2D eigenvalue weighted by Crippen LogP contribution is -2.26. The van der Waals surface area contributed by atoms with E-state index in [1.165, 1.54) is 11.3 Å². The van der Waals surface area contributed by atoms with Crippen LogP contribution in [0.2, 0.25) is 10.0 Å². The van der Waals surface area contributed by atoms with Gasteiger partial charge in [0.05, 0.1) is 0 Å². The fourth-order valence-electron chi connectivity index (χ4n) is 2.97. The van der Waals surface area contributed by atoms with Crippen molar-refractivity contribution in [2.75, 3.05) is 6.54 Å². The minimum atomic E-state index is -0.201. The summed E-state index contributed by atoms with van der Waals surface area (Å²) in [5.41, 5.74) is 3.05. The lowest BCUT2D eigenvalue weighted by atomic mass is 10.2. The SMILES string of the molecule is O=C(NCCc1ccccn1)c1csc(-c2cccc(OCc3ccc(Cl)cc3Cl)c2)n1. The van der Waals surface area contributed by atoms with E-state index in [1.807, 2.05) is 48.5 Å². The average Bonchev–Trinajstić information content (AvgIpc) is 3.30. The minimum absolute atomic E-state index is 0.201. The standard InChI is InChI=1S/C24H19Cl2N3O2S/c25-18-8-7-17(21(26)13-18)14-31-20-6-3-4-16(12-20)24-29-22(15-32-24)23(30)28-11-9-19-5-1-2-10-27-19/h1-8,10,12-13,15H,9,11,14H2,(H,28,30). The number of nitrogens with one attached hydrogen (secondary N) is 1. The fraction of sp³-hybridized carbons (Fsp3) is 0.125. The quantitative estimate of drug-likeness (QED) is 0.330. The normalized spacial score (nSPS) is 10.7. The molecule has 0 radical (unpaired) electrons. The summed E-state index contributed by atoms with van der Waals surface area (Å²) in [5.74, 6) is 0.485. The molecule has 0 aliphatic carbocycles. The second-order valence-corrected chi connectivity index (χ2v) is 8.62. The lowest BCUT2D eigenvalue weighted by molar-refractivity contribution is 0.0950. The van der Waals surface area contributed by atoms with Crippen molar-refractivity contribution < 1.29 is 9.53 Å². The van der Waals surface area contributed by atoms with Crippen LogP contribution in [0.15, 0.2) is 72.2 Å². The van der Waals surface area contributed by atoms with Crippen LogP contribution in [0.5, 0.6) is 5.75 Å². The molecule has 4 rings (SSSR count). The lowest BCUT2D eigenvalue weighted by Gasteiger charge is -2.09. The van der Waals surface area contributed by atoms with Gasteiger partial charge in [0.2, 0.25) is 0 Å². The summed E-state index contributed by atoms with van der Waals surface area (Å²) >= 11 is 13.6.